The first kappa shape index (κ1) is 25.9. The molecule has 1 aliphatic heterocycles. The van der Waals surface area contributed by atoms with Crippen LogP contribution in [0.1, 0.15) is 50.3 Å². The Bertz CT molecular complexity index is 1310. The van der Waals surface area contributed by atoms with Gasteiger partial charge in [-0.15, -0.1) is 0 Å². The maximum atomic E-state index is 13.2. The summed E-state index contributed by atoms with van der Waals surface area (Å²) in [5.74, 6) is -3.38. The van der Waals surface area contributed by atoms with Gasteiger partial charge in [0.05, 0.1) is 4.91 Å². The van der Waals surface area contributed by atoms with Crippen LogP contribution in [0.4, 0.5) is 0 Å². The number of aryl methyl sites for hydroxylation is 1. The molecule has 0 saturated carbocycles. The number of phenolic OH excluding ortho intramolecular Hbond substituents is 2. The van der Waals surface area contributed by atoms with Crippen LogP contribution in [0.2, 0.25) is 0 Å². The van der Waals surface area contributed by atoms with Gasteiger partial charge in [0.15, 0.2) is 11.5 Å². The monoisotopic (exact) mass is 509 g/mol. The number of carboxylic acid groups (broad SMARTS) is 1. The average molecular weight is 510 g/mol. The van der Waals surface area contributed by atoms with E-state index in [1.165, 1.54) is 12.1 Å². The van der Waals surface area contributed by atoms with Gasteiger partial charge in [0.1, 0.15) is 6.04 Å². The molecule has 0 bridgehead atoms. The Morgan fingerprint density at radius 3 is 2.26 bits per heavy atom. The fourth-order valence-electron chi connectivity index (χ4n) is 4.18. The fourth-order valence-corrected chi connectivity index (χ4v) is 6.45. The van der Waals surface area contributed by atoms with Crippen molar-refractivity contribution in [1.82, 2.24) is 4.90 Å². The van der Waals surface area contributed by atoms with E-state index in [-0.39, 0.29) is 22.3 Å². The number of hydrogen-bond donors (Lipinski definition) is 4. The van der Waals surface area contributed by atoms with Crippen molar-refractivity contribution in [3.05, 3.63) is 39.8 Å². The zero-order chi connectivity index (χ0) is 25.7. The SMILES string of the molecule is Cc1cc2c(C(C)C)c(O)c(O)cc2cc1C=C1SC(S(=O)(=O)O)N(C(C(=O)O)C(C)C)C1=O. The second-order valence-electron chi connectivity index (χ2n) is 8.93. The van der Waals surface area contributed by atoms with Crippen molar-refractivity contribution < 1.29 is 37.9 Å². The Hall–Kier alpha value is -2.76. The predicted molar refractivity (Wildman–Crippen MR) is 130 cm³/mol. The summed E-state index contributed by atoms with van der Waals surface area (Å²) >= 11 is 0.566. The quantitative estimate of drug-likeness (QED) is 0.258. The summed E-state index contributed by atoms with van der Waals surface area (Å²) < 4.78 is 32.0. The van der Waals surface area contributed by atoms with Gasteiger partial charge in [0.2, 0.25) is 4.71 Å². The lowest BCUT2D eigenvalue weighted by Gasteiger charge is -2.30. The summed E-state index contributed by atoms with van der Waals surface area (Å²) in [6, 6.07) is 3.43. The topological polar surface area (TPSA) is 152 Å². The molecule has 11 heteroatoms. The molecular weight excluding hydrogens is 482 g/mol. The first-order valence-electron chi connectivity index (χ1n) is 10.5. The molecule has 1 heterocycles. The number of phenols is 2. The molecule has 0 spiro atoms. The van der Waals surface area contributed by atoms with Gasteiger partial charge in [0, 0.05) is 5.56 Å². The standard InChI is InChI=1S/C23H27NO8S2/c1-10(2)18-15-6-12(5)13(7-14(15)8-16(25)20(18)26)9-17-21(27)24(19(11(3)4)22(28)29)23(33-17)34(30,31)32/h6-11,19,23,25-26H,1-5H3,(H,28,29)(H,30,31,32). The molecule has 184 valence electrons. The van der Waals surface area contributed by atoms with Gasteiger partial charge in [0.25, 0.3) is 16.0 Å². The normalized spacial score (nSPS) is 19.1. The second-order valence-corrected chi connectivity index (χ2v) is 11.8. The van der Waals surface area contributed by atoms with Crippen molar-refractivity contribution in [3.63, 3.8) is 0 Å². The highest BCUT2D eigenvalue weighted by molar-refractivity contribution is 8.15. The molecule has 2 aromatic rings. The van der Waals surface area contributed by atoms with Crippen molar-refractivity contribution in [1.29, 1.82) is 0 Å². The Balaban J connectivity index is 2.18. The molecule has 2 aromatic carbocycles. The fraction of sp³-hybridized carbons (Fsp3) is 0.391. The number of hydrogen-bond acceptors (Lipinski definition) is 7. The summed E-state index contributed by atoms with van der Waals surface area (Å²) in [4.78, 5) is 25.6. The average Bonchev–Trinajstić information content (AvgIpc) is 3.00. The molecule has 9 nitrogen and oxygen atoms in total. The van der Waals surface area contributed by atoms with Crippen molar-refractivity contribution >= 4 is 50.6 Å². The zero-order valence-electron chi connectivity index (χ0n) is 19.3. The number of fused-ring (bicyclic) bond motifs is 1. The number of aromatic hydroxyl groups is 2. The third-order valence-electron chi connectivity index (χ3n) is 5.72. The summed E-state index contributed by atoms with van der Waals surface area (Å²) in [5, 5.41) is 31.4. The number of aliphatic carboxylic acids is 1. The smallest absolute Gasteiger partial charge is 0.326 e. The van der Waals surface area contributed by atoms with E-state index in [2.05, 4.69) is 0 Å². The number of nitrogens with zero attached hydrogens (tertiary/aromatic N) is 1. The van der Waals surface area contributed by atoms with Gasteiger partial charge in [-0.2, -0.15) is 8.42 Å². The second kappa shape index (κ2) is 9.12. The Labute approximate surface area is 201 Å². The maximum absolute atomic E-state index is 13.2. The number of carboxylic acids is 1. The van der Waals surface area contributed by atoms with Crippen LogP contribution >= 0.6 is 11.8 Å². The van der Waals surface area contributed by atoms with Gasteiger partial charge < -0.3 is 15.3 Å². The summed E-state index contributed by atoms with van der Waals surface area (Å²) in [7, 11) is -4.79. The van der Waals surface area contributed by atoms with E-state index in [0.29, 0.717) is 38.7 Å². The molecule has 0 aliphatic carbocycles. The van der Waals surface area contributed by atoms with E-state index >= 15 is 0 Å². The molecule has 3 rings (SSSR count). The predicted octanol–water partition coefficient (Wildman–Crippen LogP) is 3.88. The molecule has 1 saturated heterocycles. The minimum atomic E-state index is -4.79. The van der Waals surface area contributed by atoms with E-state index in [1.807, 2.05) is 13.8 Å². The number of amides is 1. The van der Waals surface area contributed by atoms with Crippen LogP contribution in [0.25, 0.3) is 16.8 Å². The molecule has 2 unspecified atom stereocenters. The van der Waals surface area contributed by atoms with Gasteiger partial charge in [-0.1, -0.05) is 45.5 Å². The van der Waals surface area contributed by atoms with Gasteiger partial charge in [-0.25, -0.2) is 4.79 Å². The first-order valence-corrected chi connectivity index (χ1v) is 12.9. The van der Waals surface area contributed by atoms with Crippen molar-refractivity contribution in [2.45, 2.75) is 51.3 Å². The van der Waals surface area contributed by atoms with E-state index in [4.69, 9.17) is 0 Å². The van der Waals surface area contributed by atoms with Crippen molar-refractivity contribution in [2.24, 2.45) is 5.92 Å². The van der Waals surface area contributed by atoms with Crippen LogP contribution in [-0.4, -0.2) is 55.8 Å². The first-order chi connectivity index (χ1) is 15.6. The van der Waals surface area contributed by atoms with E-state index in [9.17, 15) is 37.9 Å². The highest BCUT2D eigenvalue weighted by Crippen LogP contribution is 2.43. The van der Waals surface area contributed by atoms with Crippen LogP contribution < -0.4 is 0 Å². The number of thioether (sulfide) groups is 1. The van der Waals surface area contributed by atoms with Crippen molar-refractivity contribution in [2.75, 3.05) is 0 Å². The zero-order valence-corrected chi connectivity index (χ0v) is 20.9. The van der Waals surface area contributed by atoms with E-state index in [0.717, 1.165) is 5.39 Å². The third-order valence-corrected chi connectivity index (χ3v) is 8.45. The number of carbonyl (C=O) groups is 2. The van der Waals surface area contributed by atoms with Crippen LogP contribution in [0.15, 0.2) is 23.1 Å². The lowest BCUT2D eigenvalue weighted by atomic mass is 9.91. The molecule has 34 heavy (non-hydrogen) atoms. The highest BCUT2D eigenvalue weighted by Gasteiger charge is 2.49. The Morgan fingerprint density at radius 2 is 1.76 bits per heavy atom. The van der Waals surface area contributed by atoms with Crippen LogP contribution in [-0.2, 0) is 19.7 Å². The maximum Gasteiger partial charge on any atom is 0.326 e. The number of rotatable bonds is 6. The molecule has 4 N–H and O–H groups in total. The molecule has 0 aromatic heterocycles. The molecular formula is C23H27NO8S2. The summed E-state index contributed by atoms with van der Waals surface area (Å²) in [5.41, 5.74) is 1.82. The number of benzene rings is 2. The van der Waals surface area contributed by atoms with Crippen LogP contribution in [0, 0.1) is 12.8 Å². The lowest BCUT2D eigenvalue weighted by molar-refractivity contribution is -0.149. The Kier molecular flexibility index (Phi) is 6.94. The third kappa shape index (κ3) is 4.59. The Morgan fingerprint density at radius 1 is 1.15 bits per heavy atom. The summed E-state index contributed by atoms with van der Waals surface area (Å²) in [6.45, 7) is 8.62. The molecule has 1 amide bonds. The molecule has 1 aliphatic rings. The van der Waals surface area contributed by atoms with Crippen LogP contribution in [0.5, 0.6) is 11.5 Å². The summed E-state index contributed by atoms with van der Waals surface area (Å²) in [6.07, 6.45) is 1.44. The van der Waals surface area contributed by atoms with Crippen LogP contribution in [0.3, 0.4) is 0 Å². The minimum Gasteiger partial charge on any atom is -0.504 e. The van der Waals surface area contributed by atoms with Gasteiger partial charge in [-0.05, 0) is 58.9 Å². The minimum absolute atomic E-state index is 0.0379. The largest absolute Gasteiger partial charge is 0.504 e. The van der Waals surface area contributed by atoms with Crippen molar-refractivity contribution in [3.8, 4) is 11.5 Å². The number of carbonyl (C=O) groups excluding carboxylic acids is 1. The molecule has 2 atom stereocenters. The van der Waals surface area contributed by atoms with E-state index in [1.54, 1.807) is 32.9 Å². The van der Waals surface area contributed by atoms with Gasteiger partial charge >= 0.3 is 5.97 Å². The molecule has 0 radical (unpaired) electrons. The lowest BCUT2D eigenvalue weighted by Crippen LogP contribution is -2.51. The van der Waals surface area contributed by atoms with Gasteiger partial charge in [-0.3, -0.25) is 14.2 Å². The van der Waals surface area contributed by atoms with E-state index < -0.39 is 38.7 Å². The molecule has 1 fully saturated rings. The highest BCUT2D eigenvalue weighted by atomic mass is 32.3.